The second-order valence-electron chi connectivity index (χ2n) is 6.89. The molecule has 4 heteroatoms. The predicted octanol–water partition coefficient (Wildman–Crippen LogP) is 4.61. The zero-order valence-corrected chi connectivity index (χ0v) is 14.4. The molecule has 2 aliphatic rings. The largest absolute Gasteiger partial charge is 0.349 e. The fourth-order valence-corrected chi connectivity index (χ4v) is 3.66. The van der Waals surface area contributed by atoms with Gasteiger partial charge in [0.1, 0.15) is 5.82 Å². The molecule has 124 valence electrons. The van der Waals surface area contributed by atoms with Gasteiger partial charge in [0.2, 0.25) is 5.95 Å². The normalized spacial score (nSPS) is 17.2. The van der Waals surface area contributed by atoms with Gasteiger partial charge in [0.05, 0.1) is 0 Å². The smallest absolute Gasteiger partial charge is 0.229 e. The van der Waals surface area contributed by atoms with Crippen LogP contribution in [0.5, 0.6) is 0 Å². The van der Waals surface area contributed by atoms with Crippen molar-refractivity contribution in [3.63, 3.8) is 0 Å². The fraction of sp³-hybridized carbons (Fsp3) is 0.400. The third-order valence-electron chi connectivity index (χ3n) is 5.20. The summed E-state index contributed by atoms with van der Waals surface area (Å²) in [5, 5.41) is 3.36. The number of aromatic nitrogens is 2. The second-order valence-corrected chi connectivity index (χ2v) is 6.89. The van der Waals surface area contributed by atoms with Crippen molar-refractivity contribution in [3.05, 3.63) is 47.2 Å². The monoisotopic (exact) mass is 320 g/mol. The molecular weight excluding hydrogens is 296 g/mol. The molecular formula is C20H24N4. The molecule has 1 saturated carbocycles. The Hall–Kier alpha value is -2.36. The highest BCUT2D eigenvalue weighted by Crippen LogP contribution is 2.32. The minimum Gasteiger partial charge on any atom is -0.349 e. The molecule has 1 N–H and O–H groups in total. The average Bonchev–Trinajstić information content (AvgIpc) is 3.12. The van der Waals surface area contributed by atoms with Crippen LogP contribution in [-0.4, -0.2) is 22.6 Å². The number of hydrogen-bond donors (Lipinski definition) is 1. The fourth-order valence-electron chi connectivity index (χ4n) is 3.66. The van der Waals surface area contributed by atoms with Crippen molar-refractivity contribution in [2.24, 2.45) is 0 Å². The molecule has 4 nitrogen and oxygen atoms in total. The molecule has 2 heterocycles. The zero-order chi connectivity index (χ0) is 16.5. The highest BCUT2D eigenvalue weighted by molar-refractivity contribution is 5.69. The molecule has 0 atom stereocenters. The van der Waals surface area contributed by atoms with Crippen molar-refractivity contribution in [2.75, 3.05) is 16.8 Å². The molecule has 2 aromatic rings. The van der Waals surface area contributed by atoms with Crippen LogP contribution in [0.2, 0.25) is 0 Å². The van der Waals surface area contributed by atoms with Gasteiger partial charge < -0.3 is 10.2 Å². The SMILES string of the molecule is Cc1ccc(Nc2ncc3c(n2)N(C2CCCC2)CC=C3)cc1C. The van der Waals surface area contributed by atoms with Gasteiger partial charge in [-0.2, -0.15) is 4.98 Å². The van der Waals surface area contributed by atoms with Crippen molar-refractivity contribution < 1.29 is 0 Å². The molecule has 1 aliphatic carbocycles. The van der Waals surface area contributed by atoms with Gasteiger partial charge in [-0.3, -0.25) is 0 Å². The summed E-state index contributed by atoms with van der Waals surface area (Å²) in [5.74, 6) is 1.75. The topological polar surface area (TPSA) is 41.1 Å². The Balaban J connectivity index is 1.62. The van der Waals surface area contributed by atoms with E-state index >= 15 is 0 Å². The lowest BCUT2D eigenvalue weighted by Crippen LogP contribution is -2.36. The van der Waals surface area contributed by atoms with Crippen LogP contribution in [0.1, 0.15) is 42.4 Å². The lowest BCUT2D eigenvalue weighted by atomic mass is 10.1. The molecule has 1 aromatic carbocycles. The third-order valence-corrected chi connectivity index (χ3v) is 5.20. The van der Waals surface area contributed by atoms with Crippen LogP contribution in [0.15, 0.2) is 30.5 Å². The second kappa shape index (κ2) is 6.27. The number of fused-ring (bicyclic) bond motifs is 1. The number of anilines is 3. The van der Waals surface area contributed by atoms with E-state index in [1.807, 2.05) is 6.20 Å². The molecule has 0 amide bonds. The van der Waals surface area contributed by atoms with Gasteiger partial charge >= 0.3 is 0 Å². The number of benzene rings is 1. The first-order chi connectivity index (χ1) is 11.7. The van der Waals surface area contributed by atoms with Gasteiger partial charge in [0, 0.05) is 30.0 Å². The number of nitrogens with one attached hydrogen (secondary N) is 1. The van der Waals surface area contributed by atoms with Crippen LogP contribution in [0.3, 0.4) is 0 Å². The van der Waals surface area contributed by atoms with Crippen LogP contribution in [0.25, 0.3) is 6.08 Å². The van der Waals surface area contributed by atoms with E-state index in [1.165, 1.54) is 36.8 Å². The molecule has 1 aromatic heterocycles. The first-order valence-electron chi connectivity index (χ1n) is 8.85. The zero-order valence-electron chi connectivity index (χ0n) is 14.4. The van der Waals surface area contributed by atoms with Gasteiger partial charge in [-0.25, -0.2) is 4.98 Å². The van der Waals surface area contributed by atoms with Crippen molar-refractivity contribution >= 4 is 23.5 Å². The Kier molecular flexibility index (Phi) is 3.97. The summed E-state index contributed by atoms with van der Waals surface area (Å²) in [6.07, 6.45) is 11.5. The highest BCUT2D eigenvalue weighted by Gasteiger charge is 2.26. The van der Waals surface area contributed by atoms with Crippen molar-refractivity contribution in [1.82, 2.24) is 9.97 Å². The number of aryl methyl sites for hydroxylation is 2. The number of rotatable bonds is 3. The van der Waals surface area contributed by atoms with E-state index < -0.39 is 0 Å². The summed E-state index contributed by atoms with van der Waals surface area (Å²) in [7, 11) is 0. The van der Waals surface area contributed by atoms with Gasteiger partial charge in [-0.15, -0.1) is 0 Å². The van der Waals surface area contributed by atoms with Crippen LogP contribution in [0.4, 0.5) is 17.5 Å². The van der Waals surface area contributed by atoms with Gasteiger partial charge in [0.15, 0.2) is 0 Å². The maximum atomic E-state index is 4.84. The van der Waals surface area contributed by atoms with Crippen LogP contribution >= 0.6 is 0 Å². The minimum absolute atomic E-state index is 0.623. The Morgan fingerprint density at radius 3 is 2.75 bits per heavy atom. The van der Waals surface area contributed by atoms with Crippen LogP contribution in [0, 0.1) is 13.8 Å². The Bertz CT molecular complexity index is 775. The molecule has 0 radical (unpaired) electrons. The maximum absolute atomic E-state index is 4.84. The predicted molar refractivity (Wildman–Crippen MR) is 99.9 cm³/mol. The first kappa shape index (κ1) is 15.2. The number of nitrogens with zero attached hydrogens (tertiary/aromatic N) is 3. The van der Waals surface area contributed by atoms with Gasteiger partial charge in [0.25, 0.3) is 0 Å². The molecule has 0 spiro atoms. The van der Waals surface area contributed by atoms with E-state index in [2.05, 4.69) is 59.4 Å². The molecule has 1 fully saturated rings. The Morgan fingerprint density at radius 2 is 1.96 bits per heavy atom. The quantitative estimate of drug-likeness (QED) is 0.896. The maximum Gasteiger partial charge on any atom is 0.229 e. The third kappa shape index (κ3) is 2.88. The lowest BCUT2D eigenvalue weighted by Gasteiger charge is -2.32. The minimum atomic E-state index is 0.623. The van der Waals surface area contributed by atoms with Crippen LogP contribution < -0.4 is 10.2 Å². The van der Waals surface area contributed by atoms with Crippen molar-refractivity contribution in [3.8, 4) is 0 Å². The van der Waals surface area contributed by atoms with Crippen molar-refractivity contribution in [2.45, 2.75) is 45.6 Å². The lowest BCUT2D eigenvalue weighted by molar-refractivity contribution is 0.622. The Labute approximate surface area is 143 Å². The average molecular weight is 320 g/mol. The summed E-state index contributed by atoms with van der Waals surface area (Å²) in [6.45, 7) is 5.21. The van der Waals surface area contributed by atoms with Gasteiger partial charge in [-0.1, -0.05) is 31.1 Å². The van der Waals surface area contributed by atoms with E-state index in [0.29, 0.717) is 12.0 Å². The van der Waals surface area contributed by atoms with E-state index in [-0.39, 0.29) is 0 Å². The summed E-state index contributed by atoms with van der Waals surface area (Å²) < 4.78 is 0. The summed E-state index contributed by atoms with van der Waals surface area (Å²) in [6, 6.07) is 6.98. The summed E-state index contributed by atoms with van der Waals surface area (Å²) in [5.41, 5.74) is 4.73. The van der Waals surface area contributed by atoms with Gasteiger partial charge in [-0.05, 0) is 49.9 Å². The molecule has 0 saturated heterocycles. The standard InChI is InChI=1S/C20H24N4/c1-14-9-10-17(12-15(14)2)22-20-21-13-16-6-5-11-24(19(16)23-20)18-7-3-4-8-18/h5-6,9-10,12-13,18H,3-4,7-8,11H2,1-2H3,(H,21,22,23). The molecule has 1 aliphatic heterocycles. The van der Waals surface area contributed by atoms with Crippen LogP contribution in [-0.2, 0) is 0 Å². The summed E-state index contributed by atoms with van der Waals surface area (Å²) in [4.78, 5) is 11.8. The summed E-state index contributed by atoms with van der Waals surface area (Å²) >= 11 is 0. The molecule has 24 heavy (non-hydrogen) atoms. The number of hydrogen-bond acceptors (Lipinski definition) is 4. The van der Waals surface area contributed by atoms with Crippen molar-refractivity contribution in [1.29, 1.82) is 0 Å². The van der Waals surface area contributed by atoms with E-state index in [1.54, 1.807) is 0 Å². The molecule has 0 bridgehead atoms. The highest BCUT2D eigenvalue weighted by atomic mass is 15.3. The first-order valence-corrected chi connectivity index (χ1v) is 8.85. The molecule has 4 rings (SSSR count). The molecule has 0 unspecified atom stereocenters. The Morgan fingerprint density at radius 1 is 1.12 bits per heavy atom. The van der Waals surface area contributed by atoms with E-state index in [9.17, 15) is 0 Å². The van der Waals surface area contributed by atoms with E-state index in [0.717, 1.165) is 23.6 Å². The van der Waals surface area contributed by atoms with E-state index in [4.69, 9.17) is 4.98 Å².